The topological polar surface area (TPSA) is 135 Å². The lowest BCUT2D eigenvalue weighted by atomic mass is 10.1. The third-order valence-electron chi connectivity index (χ3n) is 4.47. The molecule has 0 aromatic rings. The predicted molar refractivity (Wildman–Crippen MR) is 130 cm³/mol. The van der Waals surface area contributed by atoms with Gasteiger partial charge in [0, 0.05) is 6.42 Å². The molecule has 2 atom stereocenters. The molecule has 0 saturated heterocycles. The summed E-state index contributed by atoms with van der Waals surface area (Å²) in [7, 11) is 0. The number of aliphatic hydroxyl groups excluding tert-OH is 4. The SMILES string of the molecule is CC(C)=O.CCCCCCCC/C=C\CCCCCCCC(=O)O.OCC(O)C(O)CO. The van der Waals surface area contributed by atoms with Crippen LogP contribution in [0.4, 0.5) is 0 Å². The van der Waals surface area contributed by atoms with Gasteiger partial charge in [-0.25, -0.2) is 0 Å². The molecule has 0 amide bonds. The van der Waals surface area contributed by atoms with Crippen molar-refractivity contribution in [1.29, 1.82) is 0 Å². The third kappa shape index (κ3) is 39.2. The molecule has 0 fully saturated rings. The minimum Gasteiger partial charge on any atom is -0.481 e. The number of carboxylic acid groups (broad SMARTS) is 1. The lowest BCUT2D eigenvalue weighted by molar-refractivity contribution is -0.137. The van der Waals surface area contributed by atoms with E-state index >= 15 is 0 Å². The lowest BCUT2D eigenvalue weighted by Gasteiger charge is -2.10. The van der Waals surface area contributed by atoms with Crippen LogP contribution in [0.25, 0.3) is 0 Å². The first kappa shape index (κ1) is 35.3. The van der Waals surface area contributed by atoms with Crippen molar-refractivity contribution in [2.45, 2.75) is 123 Å². The van der Waals surface area contributed by atoms with Crippen molar-refractivity contribution in [3.05, 3.63) is 12.2 Å². The first-order chi connectivity index (χ1) is 15.2. The van der Waals surface area contributed by atoms with E-state index in [4.69, 9.17) is 25.5 Å². The minimum absolute atomic E-state index is 0.167. The summed E-state index contributed by atoms with van der Waals surface area (Å²) in [4.78, 5) is 19.8. The minimum atomic E-state index is -1.22. The van der Waals surface area contributed by atoms with Gasteiger partial charge in [-0.1, -0.05) is 70.4 Å². The molecule has 192 valence electrons. The molecular formula is C25H50O7. The average molecular weight is 463 g/mol. The maximum Gasteiger partial charge on any atom is 0.303 e. The molecule has 0 aromatic heterocycles. The van der Waals surface area contributed by atoms with Crippen LogP contribution in [0.3, 0.4) is 0 Å². The van der Waals surface area contributed by atoms with Gasteiger partial charge in [0.15, 0.2) is 0 Å². The van der Waals surface area contributed by atoms with Crippen molar-refractivity contribution in [3.8, 4) is 0 Å². The standard InChI is InChI=1S/C18H34O2.C4H10O4.C3H6O/c1-2-3-4-5-6-7-8-9-10-11-12-13-14-15-16-17-18(19)20;5-1-3(7)4(8)2-6;1-3(2)4/h9-10H,2-8,11-17H2,1H3,(H,19,20);3-8H,1-2H2;1-2H3/b10-9-;;. The molecule has 0 bridgehead atoms. The number of carbonyl (C=O) groups excluding carboxylic acids is 1. The number of unbranched alkanes of at least 4 members (excludes halogenated alkanes) is 11. The van der Waals surface area contributed by atoms with E-state index < -0.39 is 31.4 Å². The Morgan fingerprint density at radius 1 is 0.688 bits per heavy atom. The number of aliphatic carboxylic acids is 1. The van der Waals surface area contributed by atoms with Crippen LogP contribution in [0.2, 0.25) is 0 Å². The molecule has 0 aliphatic heterocycles. The fourth-order valence-corrected chi connectivity index (χ4v) is 2.59. The first-order valence-corrected chi connectivity index (χ1v) is 12.1. The van der Waals surface area contributed by atoms with Gasteiger partial charge in [-0.05, 0) is 46.0 Å². The normalized spacial score (nSPS) is 12.3. The van der Waals surface area contributed by atoms with E-state index in [9.17, 15) is 9.59 Å². The summed E-state index contributed by atoms with van der Waals surface area (Å²) in [5.41, 5.74) is 0. The number of hydrogen-bond acceptors (Lipinski definition) is 6. The second kappa shape index (κ2) is 29.7. The van der Waals surface area contributed by atoms with Gasteiger partial charge in [-0.3, -0.25) is 4.79 Å². The molecule has 0 radical (unpaired) electrons. The Morgan fingerprint density at radius 2 is 1.03 bits per heavy atom. The number of rotatable bonds is 18. The summed E-state index contributed by atoms with van der Waals surface area (Å²) in [5, 5.41) is 41.7. The van der Waals surface area contributed by atoms with Gasteiger partial charge in [0.25, 0.3) is 0 Å². The molecule has 0 aromatic carbocycles. The molecule has 0 spiro atoms. The van der Waals surface area contributed by atoms with Gasteiger partial charge in [0.1, 0.15) is 18.0 Å². The Labute approximate surface area is 195 Å². The molecule has 0 saturated carbocycles. The highest BCUT2D eigenvalue weighted by molar-refractivity contribution is 5.72. The van der Waals surface area contributed by atoms with Crippen LogP contribution in [0.1, 0.15) is 111 Å². The fraction of sp³-hybridized carbons (Fsp3) is 0.840. The second-order valence-electron chi connectivity index (χ2n) is 8.14. The quantitative estimate of drug-likeness (QED) is 0.150. The van der Waals surface area contributed by atoms with E-state index in [1.165, 1.54) is 84.5 Å². The van der Waals surface area contributed by atoms with Crippen LogP contribution in [0, 0.1) is 0 Å². The van der Waals surface area contributed by atoms with Crippen LogP contribution in [0.5, 0.6) is 0 Å². The summed E-state index contributed by atoms with van der Waals surface area (Å²) in [6, 6.07) is 0. The summed E-state index contributed by atoms with van der Waals surface area (Å²) < 4.78 is 0. The lowest BCUT2D eigenvalue weighted by Crippen LogP contribution is -2.31. The first-order valence-electron chi connectivity index (χ1n) is 12.1. The molecule has 7 nitrogen and oxygen atoms in total. The van der Waals surface area contributed by atoms with E-state index in [1.54, 1.807) is 0 Å². The van der Waals surface area contributed by atoms with Crippen molar-refractivity contribution in [2.75, 3.05) is 13.2 Å². The average Bonchev–Trinajstić information content (AvgIpc) is 2.75. The number of carboxylic acids is 1. The number of carbonyl (C=O) groups is 2. The molecule has 0 rings (SSSR count). The Morgan fingerprint density at radius 3 is 1.38 bits per heavy atom. The summed E-state index contributed by atoms with van der Waals surface area (Å²) in [6.45, 7) is 4.26. The van der Waals surface area contributed by atoms with Gasteiger partial charge in [0.05, 0.1) is 13.2 Å². The monoisotopic (exact) mass is 462 g/mol. The molecule has 5 N–H and O–H groups in total. The number of Topliss-reactive ketones (excluding diaryl/α,β-unsaturated/α-hetero) is 1. The molecular weight excluding hydrogens is 412 g/mol. The van der Waals surface area contributed by atoms with Gasteiger partial charge in [-0.2, -0.15) is 0 Å². The Hall–Kier alpha value is -1.28. The zero-order valence-corrected chi connectivity index (χ0v) is 20.7. The van der Waals surface area contributed by atoms with E-state index in [0.717, 1.165) is 12.8 Å². The van der Waals surface area contributed by atoms with E-state index in [1.807, 2.05) is 0 Å². The fourth-order valence-electron chi connectivity index (χ4n) is 2.59. The van der Waals surface area contributed by atoms with Crippen molar-refractivity contribution in [1.82, 2.24) is 0 Å². The van der Waals surface area contributed by atoms with E-state index in [-0.39, 0.29) is 5.78 Å². The molecule has 2 unspecified atom stereocenters. The highest BCUT2D eigenvalue weighted by atomic mass is 16.4. The van der Waals surface area contributed by atoms with E-state index in [0.29, 0.717) is 6.42 Å². The highest BCUT2D eigenvalue weighted by Gasteiger charge is 2.12. The van der Waals surface area contributed by atoms with Crippen molar-refractivity contribution in [3.63, 3.8) is 0 Å². The van der Waals surface area contributed by atoms with Crippen LogP contribution in [0.15, 0.2) is 12.2 Å². The van der Waals surface area contributed by atoms with Gasteiger partial charge < -0.3 is 30.3 Å². The van der Waals surface area contributed by atoms with E-state index in [2.05, 4.69) is 19.1 Å². The zero-order valence-electron chi connectivity index (χ0n) is 20.7. The summed E-state index contributed by atoms with van der Waals surface area (Å²) in [6.07, 6.45) is 18.8. The summed E-state index contributed by atoms with van der Waals surface area (Å²) in [5.74, 6) is -0.498. The van der Waals surface area contributed by atoms with Crippen LogP contribution >= 0.6 is 0 Å². The molecule has 0 heterocycles. The van der Waals surface area contributed by atoms with Crippen LogP contribution < -0.4 is 0 Å². The maximum atomic E-state index is 10.3. The van der Waals surface area contributed by atoms with Gasteiger partial charge >= 0.3 is 5.97 Å². The molecule has 32 heavy (non-hydrogen) atoms. The number of allylic oxidation sites excluding steroid dienone is 2. The Bertz CT molecular complexity index is 413. The molecule has 7 heteroatoms. The second-order valence-corrected chi connectivity index (χ2v) is 8.14. The summed E-state index contributed by atoms with van der Waals surface area (Å²) >= 11 is 0. The van der Waals surface area contributed by atoms with Crippen molar-refractivity contribution in [2.24, 2.45) is 0 Å². The maximum absolute atomic E-state index is 10.3. The van der Waals surface area contributed by atoms with Crippen LogP contribution in [-0.2, 0) is 9.59 Å². The van der Waals surface area contributed by atoms with Crippen molar-refractivity contribution < 1.29 is 35.1 Å². The number of aliphatic hydroxyl groups is 4. The molecule has 0 aliphatic carbocycles. The van der Waals surface area contributed by atoms with Crippen molar-refractivity contribution >= 4 is 11.8 Å². The van der Waals surface area contributed by atoms with Gasteiger partial charge in [-0.15, -0.1) is 0 Å². The predicted octanol–water partition coefficient (Wildman–Crippen LogP) is 4.40. The van der Waals surface area contributed by atoms with Crippen LogP contribution in [-0.4, -0.2) is 62.7 Å². The number of ketones is 1. The number of hydrogen-bond donors (Lipinski definition) is 5. The largest absolute Gasteiger partial charge is 0.481 e. The molecule has 0 aliphatic rings. The Balaban J connectivity index is -0.000000575. The third-order valence-corrected chi connectivity index (χ3v) is 4.47. The van der Waals surface area contributed by atoms with Gasteiger partial charge in [0.2, 0.25) is 0 Å². The zero-order chi connectivity index (χ0) is 25.0. The smallest absolute Gasteiger partial charge is 0.303 e. The highest BCUT2D eigenvalue weighted by Crippen LogP contribution is 2.09. The Kier molecular flexibility index (Phi) is 32.8.